The number of amides is 1. The molecular weight excluding hydrogens is 391 g/mol. The zero-order valence-corrected chi connectivity index (χ0v) is 14.3. The van der Waals surface area contributed by atoms with Crippen LogP contribution in [0.4, 0.5) is 5.69 Å². The number of carbonyl (C=O) groups excluding carboxylic acids is 1. The molecular formula is C14H11BrCl2N4O. The molecule has 0 aliphatic heterocycles. The molecule has 22 heavy (non-hydrogen) atoms. The largest absolute Gasteiger partial charge is 0.375 e. The lowest BCUT2D eigenvalue weighted by atomic mass is 10.3. The van der Waals surface area contributed by atoms with Gasteiger partial charge in [-0.05, 0) is 28.1 Å². The Morgan fingerprint density at radius 3 is 2.64 bits per heavy atom. The zero-order chi connectivity index (χ0) is 15.9. The van der Waals surface area contributed by atoms with Crippen molar-refractivity contribution in [3.05, 3.63) is 56.7 Å². The molecule has 1 heterocycles. The summed E-state index contributed by atoms with van der Waals surface area (Å²) in [6.07, 6.45) is 4.28. The summed E-state index contributed by atoms with van der Waals surface area (Å²) in [4.78, 5) is 15.5. The Morgan fingerprint density at radius 1 is 1.27 bits per heavy atom. The Hall–Kier alpha value is -1.63. The predicted octanol–water partition coefficient (Wildman–Crippen LogP) is 3.71. The van der Waals surface area contributed by atoms with E-state index in [1.165, 1.54) is 18.6 Å². The summed E-state index contributed by atoms with van der Waals surface area (Å²) in [6, 6.07) is 7.50. The number of nitrogens with zero attached hydrogens (tertiary/aromatic N) is 2. The molecule has 0 radical (unpaired) electrons. The molecule has 8 heteroatoms. The highest BCUT2D eigenvalue weighted by Crippen LogP contribution is 2.21. The number of pyridine rings is 1. The molecule has 0 unspecified atom stereocenters. The fraction of sp³-hybridized carbons (Fsp3) is 0.0714. The maximum Gasteiger partial charge on any atom is 0.259 e. The summed E-state index contributed by atoms with van der Waals surface area (Å²) in [5.74, 6) is -0.298. The van der Waals surface area contributed by atoms with E-state index in [0.29, 0.717) is 15.6 Å². The van der Waals surface area contributed by atoms with Crippen LogP contribution in [-0.2, 0) is 4.79 Å². The lowest BCUT2D eigenvalue weighted by molar-refractivity contribution is -0.119. The smallest absolute Gasteiger partial charge is 0.259 e. The van der Waals surface area contributed by atoms with Gasteiger partial charge in [-0.2, -0.15) is 5.10 Å². The minimum absolute atomic E-state index is 0.0811. The number of nitrogens with one attached hydrogen (secondary N) is 2. The Morgan fingerprint density at radius 2 is 1.95 bits per heavy atom. The van der Waals surface area contributed by atoms with Crippen molar-refractivity contribution in [2.75, 3.05) is 11.9 Å². The third kappa shape index (κ3) is 4.69. The van der Waals surface area contributed by atoms with Crippen LogP contribution in [0.15, 0.2) is 46.2 Å². The highest BCUT2D eigenvalue weighted by molar-refractivity contribution is 9.10. The van der Waals surface area contributed by atoms with Crippen LogP contribution < -0.4 is 10.7 Å². The highest BCUT2D eigenvalue weighted by atomic mass is 79.9. The molecule has 1 aromatic carbocycles. The van der Waals surface area contributed by atoms with E-state index in [0.717, 1.165) is 10.2 Å². The van der Waals surface area contributed by atoms with Gasteiger partial charge in [0.25, 0.3) is 5.91 Å². The quantitative estimate of drug-likeness (QED) is 0.592. The fourth-order valence-electron chi connectivity index (χ4n) is 1.53. The highest BCUT2D eigenvalue weighted by Gasteiger charge is 2.04. The van der Waals surface area contributed by atoms with Gasteiger partial charge in [0.15, 0.2) is 0 Å². The minimum atomic E-state index is -0.298. The van der Waals surface area contributed by atoms with Gasteiger partial charge in [0, 0.05) is 28.1 Å². The van der Waals surface area contributed by atoms with Gasteiger partial charge in [-0.25, -0.2) is 5.43 Å². The van der Waals surface area contributed by atoms with Gasteiger partial charge < -0.3 is 5.32 Å². The molecule has 0 spiro atoms. The van der Waals surface area contributed by atoms with E-state index in [1.54, 1.807) is 0 Å². The van der Waals surface area contributed by atoms with Gasteiger partial charge >= 0.3 is 0 Å². The second-order valence-electron chi connectivity index (χ2n) is 4.14. The van der Waals surface area contributed by atoms with Crippen LogP contribution in [0.3, 0.4) is 0 Å². The molecule has 0 atom stereocenters. The average Bonchev–Trinajstić information content (AvgIpc) is 2.49. The normalized spacial score (nSPS) is 10.7. The van der Waals surface area contributed by atoms with Crippen molar-refractivity contribution in [2.24, 2.45) is 5.10 Å². The first-order valence-electron chi connectivity index (χ1n) is 6.17. The van der Waals surface area contributed by atoms with E-state index in [-0.39, 0.29) is 12.5 Å². The molecule has 5 nitrogen and oxygen atoms in total. The Labute approximate surface area is 145 Å². The first kappa shape index (κ1) is 16.7. The monoisotopic (exact) mass is 400 g/mol. The minimum Gasteiger partial charge on any atom is -0.375 e. The van der Waals surface area contributed by atoms with E-state index in [9.17, 15) is 4.79 Å². The van der Waals surface area contributed by atoms with Gasteiger partial charge in [-0.15, -0.1) is 0 Å². The summed E-state index contributed by atoms with van der Waals surface area (Å²) in [5, 5.41) is 7.53. The van der Waals surface area contributed by atoms with Crippen molar-refractivity contribution in [1.82, 2.24) is 10.4 Å². The molecule has 2 aromatic rings. The SMILES string of the molecule is O=C(CNc1ccccc1Br)NN=Cc1c(Cl)cncc1Cl. The Bertz CT molecular complexity index is 689. The number of hydrogen-bond donors (Lipinski definition) is 2. The Balaban J connectivity index is 1.88. The van der Waals surface area contributed by atoms with Gasteiger partial charge in [-0.1, -0.05) is 35.3 Å². The first-order valence-corrected chi connectivity index (χ1v) is 7.72. The van der Waals surface area contributed by atoms with Crippen molar-refractivity contribution in [1.29, 1.82) is 0 Å². The molecule has 1 aromatic heterocycles. The van der Waals surface area contributed by atoms with Crippen molar-refractivity contribution in [3.63, 3.8) is 0 Å². The summed E-state index contributed by atoms with van der Waals surface area (Å²) in [6.45, 7) is 0.0811. The second kappa shape index (κ2) is 8.12. The maximum absolute atomic E-state index is 11.7. The third-order valence-electron chi connectivity index (χ3n) is 2.59. The zero-order valence-electron chi connectivity index (χ0n) is 11.2. The number of halogens is 3. The summed E-state index contributed by atoms with van der Waals surface area (Å²) < 4.78 is 0.877. The van der Waals surface area contributed by atoms with Crippen molar-refractivity contribution < 1.29 is 4.79 Å². The number of benzene rings is 1. The molecule has 0 aliphatic carbocycles. The van der Waals surface area contributed by atoms with E-state index in [4.69, 9.17) is 23.2 Å². The van der Waals surface area contributed by atoms with Crippen molar-refractivity contribution >= 4 is 56.9 Å². The van der Waals surface area contributed by atoms with Crippen LogP contribution in [0.1, 0.15) is 5.56 Å². The lowest BCUT2D eigenvalue weighted by Gasteiger charge is -2.07. The van der Waals surface area contributed by atoms with Gasteiger partial charge in [0.1, 0.15) is 0 Å². The molecule has 2 rings (SSSR count). The van der Waals surface area contributed by atoms with Crippen LogP contribution in [0, 0.1) is 0 Å². The average molecular weight is 402 g/mol. The predicted molar refractivity (Wildman–Crippen MR) is 92.6 cm³/mol. The van der Waals surface area contributed by atoms with Crippen LogP contribution in [0.25, 0.3) is 0 Å². The number of carbonyl (C=O) groups is 1. The number of para-hydroxylation sites is 1. The Kier molecular flexibility index (Phi) is 6.18. The van der Waals surface area contributed by atoms with E-state index in [1.807, 2.05) is 24.3 Å². The summed E-state index contributed by atoms with van der Waals surface area (Å²) in [5.41, 5.74) is 3.71. The third-order valence-corrected chi connectivity index (χ3v) is 3.88. The number of aromatic nitrogens is 1. The van der Waals surface area contributed by atoms with Crippen LogP contribution in [0.5, 0.6) is 0 Å². The van der Waals surface area contributed by atoms with Crippen LogP contribution in [0.2, 0.25) is 10.0 Å². The topological polar surface area (TPSA) is 66.4 Å². The summed E-state index contributed by atoms with van der Waals surface area (Å²) in [7, 11) is 0. The second-order valence-corrected chi connectivity index (χ2v) is 5.81. The number of hydrazone groups is 1. The van der Waals surface area contributed by atoms with Gasteiger partial charge in [-0.3, -0.25) is 9.78 Å². The lowest BCUT2D eigenvalue weighted by Crippen LogP contribution is -2.26. The van der Waals surface area contributed by atoms with Crippen molar-refractivity contribution in [3.8, 4) is 0 Å². The van der Waals surface area contributed by atoms with E-state index in [2.05, 4.69) is 36.8 Å². The van der Waals surface area contributed by atoms with Gasteiger partial charge in [0.2, 0.25) is 0 Å². The number of rotatable bonds is 5. The molecule has 0 bridgehead atoms. The number of hydrogen-bond acceptors (Lipinski definition) is 4. The first-order chi connectivity index (χ1) is 10.6. The molecule has 0 saturated carbocycles. The molecule has 1 amide bonds. The van der Waals surface area contributed by atoms with E-state index < -0.39 is 0 Å². The molecule has 0 saturated heterocycles. The molecule has 0 fully saturated rings. The number of anilines is 1. The van der Waals surface area contributed by atoms with Crippen molar-refractivity contribution in [2.45, 2.75) is 0 Å². The van der Waals surface area contributed by atoms with Gasteiger partial charge in [0.05, 0.1) is 22.8 Å². The van der Waals surface area contributed by atoms with Crippen LogP contribution in [-0.4, -0.2) is 23.7 Å². The molecule has 114 valence electrons. The standard InChI is InChI=1S/C14H11BrCl2N4O/c15-10-3-1-2-4-13(10)19-8-14(22)21-20-5-9-11(16)6-18-7-12(9)17/h1-7,19H,8H2,(H,21,22). The molecule has 0 aliphatic rings. The maximum atomic E-state index is 11.7. The molecule has 2 N–H and O–H groups in total. The van der Waals surface area contributed by atoms with Crippen LogP contribution >= 0.6 is 39.1 Å². The van der Waals surface area contributed by atoms with E-state index >= 15 is 0 Å². The summed E-state index contributed by atoms with van der Waals surface area (Å²) >= 11 is 15.3. The fourth-order valence-corrected chi connectivity index (χ4v) is 2.42.